The van der Waals surface area contributed by atoms with Crippen molar-refractivity contribution in [3.05, 3.63) is 21.6 Å². The zero-order chi connectivity index (χ0) is 14.6. The molecule has 0 amide bonds. The molecule has 0 aromatic carbocycles. The van der Waals surface area contributed by atoms with Gasteiger partial charge in [-0.2, -0.15) is 5.10 Å². The molecule has 0 spiro atoms. The van der Waals surface area contributed by atoms with Crippen LogP contribution in [-0.4, -0.2) is 29.4 Å². The lowest BCUT2D eigenvalue weighted by Crippen LogP contribution is -2.33. The molecule has 1 atom stereocenters. The molecule has 0 radical (unpaired) electrons. The van der Waals surface area contributed by atoms with E-state index in [1.54, 1.807) is 6.20 Å². The standard InChI is InChI=1S/C13H23ClN4O/c1-5-18-13(19)12(14)11(8-16-18)17(4)7-6-10(15)9(2)3/h8-10H,5-7,15H2,1-4H3. The van der Waals surface area contributed by atoms with E-state index in [1.807, 2.05) is 18.9 Å². The molecule has 0 saturated carbocycles. The summed E-state index contributed by atoms with van der Waals surface area (Å²) < 4.78 is 1.35. The monoisotopic (exact) mass is 286 g/mol. The second-order valence-electron chi connectivity index (χ2n) is 5.08. The van der Waals surface area contributed by atoms with Gasteiger partial charge in [0.25, 0.3) is 5.56 Å². The van der Waals surface area contributed by atoms with E-state index in [0.29, 0.717) is 18.2 Å². The fraction of sp³-hybridized carbons (Fsp3) is 0.692. The van der Waals surface area contributed by atoms with Crippen LogP contribution in [0.25, 0.3) is 0 Å². The lowest BCUT2D eigenvalue weighted by Gasteiger charge is -2.23. The van der Waals surface area contributed by atoms with Gasteiger partial charge in [0.2, 0.25) is 0 Å². The first-order chi connectivity index (χ1) is 8.88. The predicted molar refractivity (Wildman–Crippen MR) is 79.9 cm³/mol. The molecule has 0 saturated heterocycles. The maximum atomic E-state index is 11.9. The number of anilines is 1. The SMILES string of the molecule is CCn1ncc(N(C)CCC(N)C(C)C)c(Cl)c1=O. The molecule has 19 heavy (non-hydrogen) atoms. The molecule has 2 N–H and O–H groups in total. The Morgan fingerprint density at radius 3 is 2.68 bits per heavy atom. The van der Waals surface area contributed by atoms with Gasteiger partial charge in [-0.25, -0.2) is 4.68 Å². The van der Waals surface area contributed by atoms with E-state index in [1.165, 1.54) is 4.68 Å². The zero-order valence-corrected chi connectivity index (χ0v) is 12.8. The van der Waals surface area contributed by atoms with Crippen molar-refractivity contribution in [2.24, 2.45) is 11.7 Å². The molecule has 1 unspecified atom stereocenters. The third kappa shape index (κ3) is 3.94. The Balaban J connectivity index is 2.81. The third-order valence-electron chi connectivity index (χ3n) is 3.33. The summed E-state index contributed by atoms with van der Waals surface area (Å²) in [7, 11) is 1.89. The minimum absolute atomic E-state index is 0.144. The number of halogens is 1. The molecule has 0 bridgehead atoms. The molecule has 6 heteroatoms. The molecular weight excluding hydrogens is 264 g/mol. The molecule has 1 rings (SSSR count). The van der Waals surface area contributed by atoms with Gasteiger partial charge in [0.05, 0.1) is 11.9 Å². The van der Waals surface area contributed by atoms with Crippen molar-refractivity contribution in [3.8, 4) is 0 Å². The lowest BCUT2D eigenvalue weighted by molar-refractivity contribution is 0.466. The molecule has 1 heterocycles. The van der Waals surface area contributed by atoms with Gasteiger partial charge >= 0.3 is 0 Å². The minimum atomic E-state index is -0.248. The highest BCUT2D eigenvalue weighted by Gasteiger charge is 2.14. The number of aryl methyl sites for hydroxylation is 1. The summed E-state index contributed by atoms with van der Waals surface area (Å²) in [4.78, 5) is 13.8. The van der Waals surface area contributed by atoms with Gasteiger partial charge in [0.15, 0.2) is 0 Å². The van der Waals surface area contributed by atoms with Crippen LogP contribution in [0.5, 0.6) is 0 Å². The minimum Gasteiger partial charge on any atom is -0.372 e. The molecule has 0 fully saturated rings. The van der Waals surface area contributed by atoms with Crippen molar-refractivity contribution < 1.29 is 0 Å². The van der Waals surface area contributed by atoms with Crippen LogP contribution in [-0.2, 0) is 6.54 Å². The summed E-state index contributed by atoms with van der Waals surface area (Å²) in [6, 6.07) is 0.144. The summed E-state index contributed by atoms with van der Waals surface area (Å²) in [5.41, 5.74) is 6.43. The molecule has 0 aliphatic heterocycles. The summed E-state index contributed by atoms with van der Waals surface area (Å²) in [5.74, 6) is 0.440. The molecule has 5 nitrogen and oxygen atoms in total. The fourth-order valence-electron chi connectivity index (χ4n) is 1.74. The lowest BCUT2D eigenvalue weighted by atomic mass is 10.0. The first-order valence-electron chi connectivity index (χ1n) is 6.60. The topological polar surface area (TPSA) is 64.2 Å². The number of nitrogens with zero attached hydrogens (tertiary/aromatic N) is 3. The van der Waals surface area contributed by atoms with E-state index in [-0.39, 0.29) is 16.6 Å². The maximum absolute atomic E-state index is 11.9. The van der Waals surface area contributed by atoms with Gasteiger partial charge in [-0.05, 0) is 19.3 Å². The molecule has 0 aliphatic carbocycles. The average molecular weight is 287 g/mol. The summed E-state index contributed by atoms with van der Waals surface area (Å²) in [6.45, 7) is 7.32. The Labute approximate surface area is 119 Å². The van der Waals surface area contributed by atoms with Gasteiger partial charge in [0.1, 0.15) is 5.02 Å². The van der Waals surface area contributed by atoms with Gasteiger partial charge in [0, 0.05) is 26.2 Å². The first-order valence-corrected chi connectivity index (χ1v) is 6.98. The average Bonchev–Trinajstić information content (AvgIpc) is 2.38. The van der Waals surface area contributed by atoms with Crippen molar-refractivity contribution >= 4 is 17.3 Å². The van der Waals surface area contributed by atoms with Crippen molar-refractivity contribution in [3.63, 3.8) is 0 Å². The summed E-state index contributed by atoms with van der Waals surface area (Å²) in [6.07, 6.45) is 2.48. The second kappa shape index (κ2) is 6.91. The first kappa shape index (κ1) is 16.0. The van der Waals surface area contributed by atoms with Crippen LogP contribution in [0.2, 0.25) is 5.02 Å². The molecule has 0 aliphatic rings. The van der Waals surface area contributed by atoms with Crippen LogP contribution < -0.4 is 16.2 Å². The van der Waals surface area contributed by atoms with Crippen molar-refractivity contribution in [2.45, 2.75) is 39.8 Å². The highest BCUT2D eigenvalue weighted by atomic mass is 35.5. The largest absolute Gasteiger partial charge is 0.372 e. The fourth-order valence-corrected chi connectivity index (χ4v) is 2.03. The highest BCUT2D eigenvalue weighted by Crippen LogP contribution is 2.20. The van der Waals surface area contributed by atoms with E-state index < -0.39 is 0 Å². The molecular formula is C13H23ClN4O. The maximum Gasteiger partial charge on any atom is 0.287 e. The van der Waals surface area contributed by atoms with E-state index in [2.05, 4.69) is 18.9 Å². The second-order valence-corrected chi connectivity index (χ2v) is 5.46. The zero-order valence-electron chi connectivity index (χ0n) is 12.1. The van der Waals surface area contributed by atoms with Gasteiger partial charge in [-0.3, -0.25) is 4.79 Å². The third-order valence-corrected chi connectivity index (χ3v) is 3.69. The Morgan fingerprint density at radius 2 is 2.16 bits per heavy atom. The quantitative estimate of drug-likeness (QED) is 0.865. The number of rotatable bonds is 6. The molecule has 1 aromatic rings. The molecule has 1 aromatic heterocycles. The van der Waals surface area contributed by atoms with Crippen molar-refractivity contribution in [2.75, 3.05) is 18.5 Å². The number of nitrogens with two attached hydrogens (primary N) is 1. The van der Waals surface area contributed by atoms with Crippen LogP contribution in [0, 0.1) is 5.92 Å². The van der Waals surface area contributed by atoms with Crippen molar-refractivity contribution in [1.29, 1.82) is 0 Å². The van der Waals surface area contributed by atoms with Crippen LogP contribution >= 0.6 is 11.6 Å². The van der Waals surface area contributed by atoms with Crippen LogP contribution in [0.15, 0.2) is 11.0 Å². The van der Waals surface area contributed by atoms with E-state index in [0.717, 1.165) is 13.0 Å². The highest BCUT2D eigenvalue weighted by molar-refractivity contribution is 6.33. The summed E-state index contributed by atoms with van der Waals surface area (Å²) in [5, 5.41) is 4.31. The molecule has 108 valence electrons. The Morgan fingerprint density at radius 1 is 1.53 bits per heavy atom. The number of hydrogen-bond donors (Lipinski definition) is 1. The Kier molecular flexibility index (Phi) is 5.82. The smallest absolute Gasteiger partial charge is 0.287 e. The van der Waals surface area contributed by atoms with E-state index in [9.17, 15) is 4.79 Å². The van der Waals surface area contributed by atoms with Gasteiger partial charge in [-0.1, -0.05) is 25.4 Å². The van der Waals surface area contributed by atoms with E-state index in [4.69, 9.17) is 17.3 Å². The van der Waals surface area contributed by atoms with E-state index >= 15 is 0 Å². The van der Waals surface area contributed by atoms with Crippen LogP contribution in [0.1, 0.15) is 27.2 Å². The van der Waals surface area contributed by atoms with Crippen LogP contribution in [0.4, 0.5) is 5.69 Å². The number of hydrogen-bond acceptors (Lipinski definition) is 4. The Bertz CT molecular complexity index is 472. The normalized spacial score (nSPS) is 12.8. The van der Waals surface area contributed by atoms with Gasteiger partial charge < -0.3 is 10.6 Å². The summed E-state index contributed by atoms with van der Waals surface area (Å²) >= 11 is 6.10. The van der Waals surface area contributed by atoms with Crippen LogP contribution in [0.3, 0.4) is 0 Å². The van der Waals surface area contributed by atoms with Crippen molar-refractivity contribution in [1.82, 2.24) is 9.78 Å². The van der Waals surface area contributed by atoms with Gasteiger partial charge in [-0.15, -0.1) is 0 Å². The predicted octanol–water partition coefficient (Wildman–Crippen LogP) is 1.73. The number of aromatic nitrogens is 2. The Hall–Kier alpha value is -1.07.